The van der Waals surface area contributed by atoms with E-state index in [4.69, 9.17) is 0 Å². The molecule has 1 N–H and O–H groups in total. The second-order valence-corrected chi connectivity index (χ2v) is 4.42. The van der Waals surface area contributed by atoms with Crippen molar-refractivity contribution in [3.8, 4) is 0 Å². The molecule has 2 aromatic rings. The summed E-state index contributed by atoms with van der Waals surface area (Å²) >= 11 is 1.14. The standard InChI is InChI=1S/C12H9FN2O3S/c1-18-12(17)10-9(2-3-19-10)15-11(16)7-4-8(13)6-14-5-7/h2-6H,1H3,(H,15,16). The van der Waals surface area contributed by atoms with Gasteiger partial charge in [-0.25, -0.2) is 9.18 Å². The zero-order chi connectivity index (χ0) is 13.8. The van der Waals surface area contributed by atoms with Crippen molar-refractivity contribution >= 4 is 28.9 Å². The van der Waals surface area contributed by atoms with Crippen LogP contribution in [0, 0.1) is 5.82 Å². The lowest BCUT2D eigenvalue weighted by atomic mass is 10.2. The molecule has 2 heterocycles. The number of rotatable bonds is 3. The molecule has 0 spiro atoms. The van der Waals surface area contributed by atoms with Crippen LogP contribution in [0.2, 0.25) is 0 Å². The van der Waals surface area contributed by atoms with Gasteiger partial charge in [0, 0.05) is 6.20 Å². The Hall–Kier alpha value is -2.28. The van der Waals surface area contributed by atoms with Gasteiger partial charge in [0.25, 0.3) is 5.91 Å². The smallest absolute Gasteiger partial charge is 0.350 e. The topological polar surface area (TPSA) is 68.3 Å². The first-order chi connectivity index (χ1) is 9.11. The van der Waals surface area contributed by atoms with Crippen LogP contribution >= 0.6 is 11.3 Å². The van der Waals surface area contributed by atoms with E-state index in [2.05, 4.69) is 15.0 Å². The normalized spacial score (nSPS) is 10.0. The fraction of sp³-hybridized carbons (Fsp3) is 0.0833. The van der Waals surface area contributed by atoms with Crippen molar-refractivity contribution in [2.24, 2.45) is 0 Å². The molecular formula is C12H9FN2O3S. The quantitative estimate of drug-likeness (QED) is 0.876. The Morgan fingerprint density at radius 3 is 2.89 bits per heavy atom. The van der Waals surface area contributed by atoms with E-state index in [0.29, 0.717) is 5.69 Å². The lowest BCUT2D eigenvalue weighted by molar-refractivity contribution is 0.0607. The van der Waals surface area contributed by atoms with Crippen LogP contribution in [0.5, 0.6) is 0 Å². The Bertz CT molecular complexity index is 627. The number of nitrogens with zero attached hydrogens (tertiary/aromatic N) is 1. The van der Waals surface area contributed by atoms with Crippen LogP contribution in [-0.2, 0) is 4.74 Å². The van der Waals surface area contributed by atoms with Gasteiger partial charge in [-0.1, -0.05) is 0 Å². The minimum absolute atomic E-state index is 0.0713. The number of amides is 1. The van der Waals surface area contributed by atoms with Crippen molar-refractivity contribution in [2.75, 3.05) is 12.4 Å². The van der Waals surface area contributed by atoms with E-state index in [-0.39, 0.29) is 10.4 Å². The highest BCUT2D eigenvalue weighted by Crippen LogP contribution is 2.23. The average molecular weight is 280 g/mol. The zero-order valence-corrected chi connectivity index (χ0v) is 10.7. The van der Waals surface area contributed by atoms with E-state index >= 15 is 0 Å². The van der Waals surface area contributed by atoms with Gasteiger partial charge in [0.15, 0.2) is 0 Å². The Morgan fingerprint density at radius 1 is 1.42 bits per heavy atom. The number of hydrogen-bond donors (Lipinski definition) is 1. The van der Waals surface area contributed by atoms with Crippen LogP contribution in [0.25, 0.3) is 0 Å². The van der Waals surface area contributed by atoms with Gasteiger partial charge in [0.2, 0.25) is 0 Å². The number of carbonyl (C=O) groups is 2. The lowest BCUT2D eigenvalue weighted by Crippen LogP contribution is -2.14. The van der Waals surface area contributed by atoms with Crippen molar-refractivity contribution in [3.05, 3.63) is 46.2 Å². The molecule has 2 rings (SSSR count). The molecule has 1 amide bonds. The minimum atomic E-state index is -0.605. The molecule has 2 aromatic heterocycles. The summed E-state index contributed by atoms with van der Waals surface area (Å²) in [4.78, 5) is 27.2. The summed E-state index contributed by atoms with van der Waals surface area (Å²) in [7, 11) is 1.25. The second-order valence-electron chi connectivity index (χ2n) is 3.50. The monoisotopic (exact) mass is 280 g/mol. The molecule has 5 nitrogen and oxygen atoms in total. The van der Waals surface area contributed by atoms with Gasteiger partial charge in [-0.2, -0.15) is 0 Å². The first-order valence-electron chi connectivity index (χ1n) is 5.19. The first kappa shape index (κ1) is 13.2. The van der Waals surface area contributed by atoms with E-state index in [1.54, 1.807) is 11.4 Å². The van der Waals surface area contributed by atoms with Crippen LogP contribution in [0.4, 0.5) is 10.1 Å². The largest absolute Gasteiger partial charge is 0.465 e. The van der Waals surface area contributed by atoms with Crippen LogP contribution < -0.4 is 5.32 Å². The number of hydrogen-bond acceptors (Lipinski definition) is 5. The Morgan fingerprint density at radius 2 is 2.21 bits per heavy atom. The van der Waals surface area contributed by atoms with Crippen molar-refractivity contribution in [3.63, 3.8) is 0 Å². The molecule has 19 heavy (non-hydrogen) atoms. The predicted octanol–water partition coefficient (Wildman–Crippen LogP) is 2.32. The predicted molar refractivity (Wildman–Crippen MR) is 67.8 cm³/mol. The van der Waals surface area contributed by atoms with Gasteiger partial charge in [-0.05, 0) is 17.5 Å². The SMILES string of the molecule is COC(=O)c1sccc1NC(=O)c1cncc(F)c1. The van der Waals surface area contributed by atoms with Crippen LogP contribution in [0.3, 0.4) is 0 Å². The van der Waals surface area contributed by atoms with Crippen molar-refractivity contribution in [2.45, 2.75) is 0 Å². The summed E-state index contributed by atoms with van der Waals surface area (Å²) in [6.07, 6.45) is 2.24. The van der Waals surface area contributed by atoms with Crippen molar-refractivity contribution in [1.82, 2.24) is 4.98 Å². The summed E-state index contributed by atoms with van der Waals surface area (Å²) in [6, 6.07) is 2.63. The van der Waals surface area contributed by atoms with E-state index in [9.17, 15) is 14.0 Å². The molecule has 0 aliphatic heterocycles. The number of ether oxygens (including phenoxy) is 1. The summed E-state index contributed by atoms with van der Waals surface area (Å²) in [5.74, 6) is -1.69. The number of nitrogens with one attached hydrogen (secondary N) is 1. The maximum Gasteiger partial charge on any atom is 0.350 e. The second kappa shape index (κ2) is 5.57. The summed E-state index contributed by atoms with van der Waals surface area (Å²) < 4.78 is 17.5. The molecule has 0 saturated heterocycles. The van der Waals surface area contributed by atoms with Gasteiger partial charge in [0.1, 0.15) is 10.7 Å². The molecule has 0 saturated carbocycles. The van der Waals surface area contributed by atoms with Gasteiger partial charge in [-0.15, -0.1) is 11.3 Å². The molecule has 0 bridgehead atoms. The average Bonchev–Trinajstić information content (AvgIpc) is 2.86. The number of carbonyl (C=O) groups excluding carboxylic acids is 2. The Balaban J connectivity index is 2.20. The Kier molecular flexibility index (Phi) is 3.86. The Labute approximate surface area is 112 Å². The molecule has 7 heteroatoms. The van der Waals surface area contributed by atoms with E-state index in [0.717, 1.165) is 23.6 Å². The van der Waals surface area contributed by atoms with Crippen LogP contribution in [0.1, 0.15) is 20.0 Å². The molecule has 0 aromatic carbocycles. The number of halogens is 1. The highest BCUT2D eigenvalue weighted by molar-refractivity contribution is 7.12. The molecule has 0 radical (unpaired) electrons. The molecule has 0 atom stereocenters. The third-order valence-corrected chi connectivity index (χ3v) is 3.15. The zero-order valence-electron chi connectivity index (χ0n) is 9.84. The van der Waals surface area contributed by atoms with Gasteiger partial charge >= 0.3 is 5.97 Å². The minimum Gasteiger partial charge on any atom is -0.465 e. The van der Waals surface area contributed by atoms with Gasteiger partial charge in [0.05, 0.1) is 24.6 Å². The number of pyridine rings is 1. The number of aromatic nitrogens is 1. The third kappa shape index (κ3) is 2.94. The number of anilines is 1. The summed E-state index contributed by atoms with van der Waals surface area (Å²) in [5.41, 5.74) is 0.396. The van der Waals surface area contributed by atoms with E-state index < -0.39 is 17.7 Å². The van der Waals surface area contributed by atoms with Crippen LogP contribution in [0.15, 0.2) is 29.9 Å². The number of esters is 1. The molecule has 0 aliphatic rings. The maximum atomic E-state index is 13.0. The fourth-order valence-electron chi connectivity index (χ4n) is 1.39. The van der Waals surface area contributed by atoms with Crippen LogP contribution in [-0.4, -0.2) is 24.0 Å². The highest BCUT2D eigenvalue weighted by Gasteiger charge is 2.16. The van der Waals surface area contributed by atoms with Gasteiger partial charge in [-0.3, -0.25) is 9.78 Å². The molecular weight excluding hydrogens is 271 g/mol. The molecule has 0 aliphatic carbocycles. The third-order valence-electron chi connectivity index (χ3n) is 2.25. The number of thiophene rings is 1. The van der Waals surface area contributed by atoms with Gasteiger partial charge < -0.3 is 10.1 Å². The first-order valence-corrected chi connectivity index (χ1v) is 6.07. The van der Waals surface area contributed by atoms with E-state index in [1.807, 2.05) is 0 Å². The highest BCUT2D eigenvalue weighted by atomic mass is 32.1. The summed E-state index contributed by atoms with van der Waals surface area (Å²) in [6.45, 7) is 0. The van der Waals surface area contributed by atoms with Crippen molar-refractivity contribution < 1.29 is 18.7 Å². The molecule has 0 fully saturated rings. The fourth-order valence-corrected chi connectivity index (χ4v) is 2.15. The molecule has 0 unspecified atom stereocenters. The maximum absolute atomic E-state index is 13.0. The number of methoxy groups -OCH3 is 1. The lowest BCUT2D eigenvalue weighted by Gasteiger charge is -2.05. The summed E-state index contributed by atoms with van der Waals surface area (Å²) in [5, 5.41) is 4.16. The van der Waals surface area contributed by atoms with E-state index in [1.165, 1.54) is 13.3 Å². The molecule has 98 valence electrons. The van der Waals surface area contributed by atoms with Crippen molar-refractivity contribution in [1.29, 1.82) is 0 Å².